The van der Waals surface area contributed by atoms with Crippen LogP contribution in [-0.2, 0) is 10.0 Å². The van der Waals surface area contributed by atoms with Gasteiger partial charge in [-0.25, -0.2) is 13.1 Å². The monoisotopic (exact) mass is 293 g/mol. The molecule has 17 heavy (non-hydrogen) atoms. The Hall–Kier alpha value is -0.100. The molecule has 3 nitrogen and oxygen atoms in total. The number of halogens is 1. The van der Waals surface area contributed by atoms with E-state index in [-0.39, 0.29) is 11.4 Å². The molecule has 0 spiro atoms. The zero-order valence-corrected chi connectivity index (χ0v) is 11.8. The molecular formula is C11H16ClNO2S2. The van der Waals surface area contributed by atoms with Crippen molar-refractivity contribution in [2.24, 2.45) is 0 Å². The average Bonchev–Trinajstić information content (AvgIpc) is 2.74. The van der Waals surface area contributed by atoms with Gasteiger partial charge in [-0.1, -0.05) is 25.3 Å². The van der Waals surface area contributed by atoms with Gasteiger partial charge in [0, 0.05) is 11.4 Å². The topological polar surface area (TPSA) is 46.2 Å². The first-order chi connectivity index (χ1) is 8.09. The van der Waals surface area contributed by atoms with E-state index in [4.69, 9.17) is 11.6 Å². The molecule has 2 atom stereocenters. The fourth-order valence-corrected chi connectivity index (χ4v) is 4.81. The molecule has 0 bridgehead atoms. The SMILES string of the molecule is O=S(=O)(NC1CCCCCC1Cl)c1cccs1. The smallest absolute Gasteiger partial charge is 0.206 e. The van der Waals surface area contributed by atoms with Crippen LogP contribution in [0.25, 0.3) is 0 Å². The molecule has 0 aromatic carbocycles. The number of hydrogen-bond donors (Lipinski definition) is 1. The molecule has 0 radical (unpaired) electrons. The maximum atomic E-state index is 12.1. The highest BCUT2D eigenvalue weighted by Crippen LogP contribution is 2.24. The molecule has 1 aromatic rings. The van der Waals surface area contributed by atoms with Crippen molar-refractivity contribution < 1.29 is 8.42 Å². The van der Waals surface area contributed by atoms with Crippen molar-refractivity contribution in [1.29, 1.82) is 0 Å². The fraction of sp³-hybridized carbons (Fsp3) is 0.636. The van der Waals surface area contributed by atoms with Gasteiger partial charge in [-0.15, -0.1) is 22.9 Å². The molecule has 2 unspecified atom stereocenters. The molecular weight excluding hydrogens is 278 g/mol. The van der Waals surface area contributed by atoms with E-state index in [1.54, 1.807) is 17.5 Å². The first-order valence-corrected chi connectivity index (χ1v) is 8.59. The Morgan fingerprint density at radius 3 is 2.76 bits per heavy atom. The minimum absolute atomic E-state index is 0.0905. The van der Waals surface area contributed by atoms with Crippen LogP contribution < -0.4 is 4.72 Å². The van der Waals surface area contributed by atoms with Gasteiger partial charge in [0.15, 0.2) is 0 Å². The van der Waals surface area contributed by atoms with Crippen LogP contribution in [0.15, 0.2) is 21.7 Å². The molecule has 1 fully saturated rings. The summed E-state index contributed by atoms with van der Waals surface area (Å²) in [5.41, 5.74) is 0. The average molecular weight is 294 g/mol. The fourth-order valence-electron chi connectivity index (χ4n) is 2.07. The van der Waals surface area contributed by atoms with E-state index in [0.717, 1.165) is 32.1 Å². The van der Waals surface area contributed by atoms with E-state index >= 15 is 0 Å². The van der Waals surface area contributed by atoms with Crippen molar-refractivity contribution >= 4 is 33.0 Å². The second kappa shape index (κ2) is 5.69. The molecule has 1 N–H and O–H groups in total. The van der Waals surface area contributed by atoms with E-state index in [0.29, 0.717) is 4.21 Å². The van der Waals surface area contributed by atoms with Gasteiger partial charge in [0.25, 0.3) is 0 Å². The van der Waals surface area contributed by atoms with Crippen molar-refractivity contribution in [1.82, 2.24) is 4.72 Å². The van der Waals surface area contributed by atoms with Crippen molar-refractivity contribution in [2.45, 2.75) is 47.7 Å². The van der Waals surface area contributed by atoms with Gasteiger partial charge in [-0.05, 0) is 24.3 Å². The summed E-state index contributed by atoms with van der Waals surface area (Å²) in [6.07, 6.45) is 4.99. The number of nitrogens with one attached hydrogen (secondary N) is 1. The summed E-state index contributed by atoms with van der Waals surface area (Å²) in [5, 5.41) is 1.67. The summed E-state index contributed by atoms with van der Waals surface area (Å²) < 4.78 is 27.2. The first-order valence-electron chi connectivity index (χ1n) is 5.79. The molecule has 1 aromatic heterocycles. The van der Waals surface area contributed by atoms with Crippen LogP contribution in [0.2, 0.25) is 0 Å². The lowest BCUT2D eigenvalue weighted by atomic mass is 10.1. The first kappa shape index (κ1) is 13.3. The quantitative estimate of drug-likeness (QED) is 0.688. The van der Waals surface area contributed by atoms with Gasteiger partial charge in [-0.2, -0.15) is 0 Å². The van der Waals surface area contributed by atoms with Gasteiger partial charge < -0.3 is 0 Å². The molecule has 0 saturated heterocycles. The molecule has 1 saturated carbocycles. The van der Waals surface area contributed by atoms with Crippen LogP contribution >= 0.6 is 22.9 Å². The largest absolute Gasteiger partial charge is 0.250 e. The molecule has 1 aliphatic carbocycles. The Morgan fingerprint density at radius 1 is 1.29 bits per heavy atom. The Balaban J connectivity index is 2.09. The lowest BCUT2D eigenvalue weighted by Crippen LogP contribution is -2.40. The highest BCUT2D eigenvalue weighted by atomic mass is 35.5. The summed E-state index contributed by atoms with van der Waals surface area (Å²) in [6.45, 7) is 0. The van der Waals surface area contributed by atoms with E-state index < -0.39 is 10.0 Å². The summed E-state index contributed by atoms with van der Waals surface area (Å²) in [7, 11) is -3.38. The summed E-state index contributed by atoms with van der Waals surface area (Å²) in [5.74, 6) is 0. The van der Waals surface area contributed by atoms with E-state index in [9.17, 15) is 8.42 Å². The Kier molecular flexibility index (Phi) is 4.47. The molecule has 6 heteroatoms. The third kappa shape index (κ3) is 3.44. The normalized spacial score (nSPS) is 26.6. The highest BCUT2D eigenvalue weighted by molar-refractivity contribution is 7.91. The predicted octanol–water partition coefficient (Wildman–Crippen LogP) is 2.97. The van der Waals surface area contributed by atoms with Crippen LogP contribution in [0.4, 0.5) is 0 Å². The highest BCUT2D eigenvalue weighted by Gasteiger charge is 2.27. The summed E-state index contributed by atoms with van der Waals surface area (Å²) >= 11 is 7.46. The van der Waals surface area contributed by atoms with Crippen LogP contribution in [0.5, 0.6) is 0 Å². The van der Waals surface area contributed by atoms with Crippen LogP contribution in [0, 0.1) is 0 Å². The number of hydrogen-bond acceptors (Lipinski definition) is 3. The maximum Gasteiger partial charge on any atom is 0.250 e. The van der Waals surface area contributed by atoms with Gasteiger partial charge in [0.1, 0.15) is 4.21 Å². The maximum absolute atomic E-state index is 12.1. The summed E-state index contributed by atoms with van der Waals surface area (Å²) in [4.78, 5) is 0. The molecule has 0 aliphatic heterocycles. The zero-order valence-electron chi connectivity index (χ0n) is 9.43. The van der Waals surface area contributed by atoms with Gasteiger partial charge in [-0.3, -0.25) is 0 Å². The third-order valence-electron chi connectivity index (χ3n) is 3.00. The molecule has 1 heterocycles. The number of alkyl halides is 1. The Morgan fingerprint density at radius 2 is 2.06 bits per heavy atom. The second-order valence-electron chi connectivity index (χ2n) is 4.31. The van der Waals surface area contributed by atoms with Gasteiger partial charge in [0.05, 0.1) is 0 Å². The molecule has 2 rings (SSSR count). The molecule has 0 amide bonds. The predicted molar refractivity (Wildman–Crippen MR) is 71.2 cm³/mol. The third-order valence-corrected chi connectivity index (χ3v) is 6.41. The van der Waals surface area contributed by atoms with Crippen LogP contribution in [-0.4, -0.2) is 19.8 Å². The van der Waals surface area contributed by atoms with E-state index in [2.05, 4.69) is 4.72 Å². The standard InChI is InChI=1S/C11H16ClNO2S2/c12-9-5-2-1-3-6-10(9)13-17(14,15)11-7-4-8-16-11/h4,7-10,13H,1-3,5-6H2. The van der Waals surface area contributed by atoms with Gasteiger partial charge >= 0.3 is 0 Å². The van der Waals surface area contributed by atoms with E-state index in [1.807, 2.05) is 0 Å². The van der Waals surface area contributed by atoms with E-state index in [1.165, 1.54) is 11.3 Å². The Labute approximate surface area is 111 Å². The van der Waals surface area contributed by atoms with Crippen molar-refractivity contribution in [2.75, 3.05) is 0 Å². The minimum atomic E-state index is -3.38. The van der Waals surface area contributed by atoms with Crippen LogP contribution in [0.1, 0.15) is 32.1 Å². The second-order valence-corrected chi connectivity index (χ2v) is 7.76. The molecule has 1 aliphatic rings. The van der Waals surface area contributed by atoms with Crippen molar-refractivity contribution in [3.05, 3.63) is 17.5 Å². The Bertz CT molecular complexity index is 444. The minimum Gasteiger partial charge on any atom is -0.206 e. The van der Waals surface area contributed by atoms with Crippen LogP contribution in [0.3, 0.4) is 0 Å². The van der Waals surface area contributed by atoms with Crippen molar-refractivity contribution in [3.63, 3.8) is 0 Å². The zero-order chi connectivity index (χ0) is 12.3. The number of thiophene rings is 1. The van der Waals surface area contributed by atoms with Crippen molar-refractivity contribution in [3.8, 4) is 0 Å². The molecule has 96 valence electrons. The lowest BCUT2D eigenvalue weighted by molar-refractivity contribution is 0.515. The number of rotatable bonds is 3. The number of sulfonamides is 1. The lowest BCUT2D eigenvalue weighted by Gasteiger charge is -2.20. The summed E-state index contributed by atoms with van der Waals surface area (Å²) in [6, 6.07) is 3.23. The van der Waals surface area contributed by atoms with Gasteiger partial charge in [0.2, 0.25) is 10.0 Å².